The molecule has 3 aliphatic rings. The molecular formula is C26H31ClN6. The van der Waals surface area contributed by atoms with Crippen LogP contribution in [0.25, 0.3) is 0 Å². The number of anilines is 1. The van der Waals surface area contributed by atoms with E-state index >= 15 is 0 Å². The number of rotatable bonds is 4. The number of piperidine rings is 1. The van der Waals surface area contributed by atoms with Gasteiger partial charge in [0.1, 0.15) is 18.0 Å². The molecule has 172 valence electrons. The molecule has 2 fully saturated rings. The molecule has 0 amide bonds. The molecule has 2 aliphatic heterocycles. The maximum absolute atomic E-state index is 6.14. The van der Waals surface area contributed by atoms with E-state index in [1.165, 1.54) is 31.2 Å². The highest BCUT2D eigenvalue weighted by atomic mass is 35.5. The summed E-state index contributed by atoms with van der Waals surface area (Å²) >= 11 is 6.14. The van der Waals surface area contributed by atoms with Gasteiger partial charge in [0.05, 0.1) is 0 Å². The van der Waals surface area contributed by atoms with Crippen molar-refractivity contribution in [2.24, 2.45) is 17.8 Å². The highest BCUT2D eigenvalue weighted by Crippen LogP contribution is 2.44. The summed E-state index contributed by atoms with van der Waals surface area (Å²) in [6.07, 6.45) is 8.80. The zero-order chi connectivity index (χ0) is 22.4. The Morgan fingerprint density at radius 2 is 1.79 bits per heavy atom. The number of hydrogen-bond acceptors (Lipinski definition) is 5. The molecule has 1 saturated heterocycles. The van der Waals surface area contributed by atoms with Crippen LogP contribution in [0.1, 0.15) is 60.9 Å². The topological polar surface area (TPSA) is 59.7 Å². The summed E-state index contributed by atoms with van der Waals surface area (Å²) in [5, 5.41) is 5.81. The van der Waals surface area contributed by atoms with Crippen molar-refractivity contribution in [3.05, 3.63) is 64.6 Å². The van der Waals surface area contributed by atoms with E-state index < -0.39 is 0 Å². The Balaban J connectivity index is 1.21. The lowest BCUT2D eigenvalue weighted by molar-refractivity contribution is 0.264. The Morgan fingerprint density at radius 3 is 2.55 bits per heavy atom. The fraction of sp³-hybridized carbons (Fsp3) is 0.538. The third-order valence-corrected chi connectivity index (χ3v) is 8.25. The van der Waals surface area contributed by atoms with Crippen molar-refractivity contribution < 1.29 is 0 Å². The Hall–Kier alpha value is -2.47. The number of halogens is 1. The molecule has 2 bridgehead atoms. The van der Waals surface area contributed by atoms with Gasteiger partial charge < -0.3 is 4.90 Å². The van der Waals surface area contributed by atoms with Gasteiger partial charge in [-0.05, 0) is 68.1 Å². The molecular weight excluding hydrogens is 432 g/mol. The van der Waals surface area contributed by atoms with Gasteiger partial charge in [-0.15, -0.1) is 0 Å². The Labute approximate surface area is 200 Å². The molecule has 4 heterocycles. The van der Waals surface area contributed by atoms with Crippen LogP contribution in [0.5, 0.6) is 0 Å². The summed E-state index contributed by atoms with van der Waals surface area (Å²) in [4.78, 5) is 16.4. The normalized spacial score (nSPS) is 26.8. The first-order valence-corrected chi connectivity index (χ1v) is 12.7. The van der Waals surface area contributed by atoms with Crippen molar-refractivity contribution in [1.29, 1.82) is 0 Å². The summed E-state index contributed by atoms with van der Waals surface area (Å²) in [6, 6.07) is 10.4. The van der Waals surface area contributed by atoms with E-state index in [4.69, 9.17) is 21.7 Å². The summed E-state index contributed by atoms with van der Waals surface area (Å²) in [5.74, 6) is 5.62. The van der Waals surface area contributed by atoms with Crippen LogP contribution in [-0.2, 0) is 13.0 Å². The van der Waals surface area contributed by atoms with Gasteiger partial charge in [-0.25, -0.2) is 19.6 Å². The molecule has 2 aromatic heterocycles. The lowest BCUT2D eigenvalue weighted by Gasteiger charge is -2.38. The van der Waals surface area contributed by atoms with Crippen LogP contribution in [0.4, 0.5) is 5.82 Å². The molecule has 7 heteroatoms. The number of fused-ring (bicyclic) bond motifs is 3. The summed E-state index contributed by atoms with van der Waals surface area (Å²) in [5.41, 5.74) is 2.34. The van der Waals surface area contributed by atoms with Gasteiger partial charge in [-0.1, -0.05) is 30.2 Å². The first kappa shape index (κ1) is 21.1. The molecule has 1 aromatic carbocycles. The Kier molecular flexibility index (Phi) is 5.57. The standard InChI is InChI=1S/C26H31ClN6/c1-17-12-25(29-16-28-17)32-14-19-5-6-20(15-32)23(19)13-24-30-26-22(4-2-3-11-33(26)31-24)18-7-9-21(27)10-8-18/h7-10,12,16,19-20,22-23H,2-6,11,13-15H2,1H3/t19-,20+,22-,23?/m0/s1. The minimum atomic E-state index is 0.311. The lowest BCUT2D eigenvalue weighted by Crippen LogP contribution is -2.43. The Bertz CT molecular complexity index is 1110. The van der Waals surface area contributed by atoms with Crippen molar-refractivity contribution in [2.45, 2.75) is 57.9 Å². The number of aromatic nitrogens is 5. The minimum absolute atomic E-state index is 0.311. The van der Waals surface area contributed by atoms with Crippen LogP contribution in [0.15, 0.2) is 36.7 Å². The Morgan fingerprint density at radius 1 is 1.00 bits per heavy atom. The first-order chi connectivity index (χ1) is 16.1. The highest BCUT2D eigenvalue weighted by Gasteiger charge is 2.43. The molecule has 4 atom stereocenters. The van der Waals surface area contributed by atoms with Gasteiger partial charge in [0.25, 0.3) is 0 Å². The van der Waals surface area contributed by atoms with Gasteiger partial charge in [0.2, 0.25) is 0 Å². The molecule has 1 unspecified atom stereocenters. The van der Waals surface area contributed by atoms with Crippen LogP contribution in [0.3, 0.4) is 0 Å². The van der Waals surface area contributed by atoms with Crippen LogP contribution < -0.4 is 4.90 Å². The maximum Gasteiger partial charge on any atom is 0.151 e. The third-order valence-electron chi connectivity index (χ3n) is 8.00. The molecule has 6 nitrogen and oxygen atoms in total. The molecule has 0 radical (unpaired) electrons. The van der Waals surface area contributed by atoms with Crippen LogP contribution in [-0.4, -0.2) is 37.8 Å². The van der Waals surface area contributed by atoms with E-state index in [-0.39, 0.29) is 0 Å². The van der Waals surface area contributed by atoms with E-state index in [1.807, 2.05) is 19.1 Å². The molecule has 6 rings (SSSR count). The van der Waals surface area contributed by atoms with Gasteiger partial charge in [0, 0.05) is 48.8 Å². The number of benzene rings is 1. The third kappa shape index (κ3) is 4.14. The smallest absolute Gasteiger partial charge is 0.151 e. The average Bonchev–Trinajstić information content (AvgIpc) is 3.22. The van der Waals surface area contributed by atoms with Crippen LogP contribution >= 0.6 is 11.6 Å². The van der Waals surface area contributed by atoms with Gasteiger partial charge >= 0.3 is 0 Å². The van der Waals surface area contributed by atoms with E-state index in [2.05, 4.69) is 37.7 Å². The number of nitrogens with zero attached hydrogens (tertiary/aromatic N) is 6. The predicted octanol–water partition coefficient (Wildman–Crippen LogP) is 5.05. The van der Waals surface area contributed by atoms with Gasteiger partial charge in [-0.2, -0.15) is 5.10 Å². The maximum atomic E-state index is 6.14. The lowest BCUT2D eigenvalue weighted by atomic mass is 9.82. The highest BCUT2D eigenvalue weighted by molar-refractivity contribution is 6.30. The second-order valence-corrected chi connectivity index (χ2v) is 10.5. The monoisotopic (exact) mass is 462 g/mol. The average molecular weight is 463 g/mol. The second-order valence-electron chi connectivity index (χ2n) is 10.1. The van der Waals surface area contributed by atoms with E-state index in [9.17, 15) is 0 Å². The minimum Gasteiger partial charge on any atom is -0.356 e. The van der Waals surface area contributed by atoms with Crippen LogP contribution in [0.2, 0.25) is 5.02 Å². The van der Waals surface area contributed by atoms with Crippen molar-refractivity contribution in [3.8, 4) is 0 Å². The van der Waals surface area contributed by atoms with E-state index in [0.717, 1.165) is 60.7 Å². The molecule has 33 heavy (non-hydrogen) atoms. The molecule has 0 N–H and O–H groups in total. The fourth-order valence-corrected chi connectivity index (χ4v) is 6.47. The van der Waals surface area contributed by atoms with Crippen molar-refractivity contribution in [1.82, 2.24) is 24.7 Å². The van der Waals surface area contributed by atoms with E-state index in [1.54, 1.807) is 6.33 Å². The predicted molar refractivity (Wildman–Crippen MR) is 130 cm³/mol. The molecule has 0 spiro atoms. The molecule has 1 saturated carbocycles. The summed E-state index contributed by atoms with van der Waals surface area (Å²) in [6.45, 7) is 5.18. The number of hydrogen-bond donors (Lipinski definition) is 0. The van der Waals surface area contributed by atoms with Gasteiger partial charge in [0.15, 0.2) is 5.82 Å². The van der Waals surface area contributed by atoms with Crippen LogP contribution in [0, 0.1) is 24.7 Å². The summed E-state index contributed by atoms with van der Waals surface area (Å²) in [7, 11) is 0. The second kappa shape index (κ2) is 8.71. The number of aryl methyl sites for hydroxylation is 2. The largest absolute Gasteiger partial charge is 0.356 e. The van der Waals surface area contributed by atoms with Crippen molar-refractivity contribution >= 4 is 17.4 Å². The molecule has 3 aromatic rings. The molecule has 1 aliphatic carbocycles. The van der Waals surface area contributed by atoms with Crippen molar-refractivity contribution in [2.75, 3.05) is 18.0 Å². The quantitative estimate of drug-likeness (QED) is 0.543. The zero-order valence-electron chi connectivity index (χ0n) is 19.2. The van der Waals surface area contributed by atoms with E-state index in [0.29, 0.717) is 23.7 Å². The summed E-state index contributed by atoms with van der Waals surface area (Å²) < 4.78 is 2.20. The zero-order valence-corrected chi connectivity index (χ0v) is 20.0. The first-order valence-electron chi connectivity index (χ1n) is 12.4. The SMILES string of the molecule is Cc1cc(N2C[C@H]3CC[C@@H](C2)C3Cc2nc3n(n2)CCCC[C@H]3c2ccc(Cl)cc2)ncn1. The van der Waals surface area contributed by atoms with Crippen molar-refractivity contribution in [3.63, 3.8) is 0 Å². The fourth-order valence-electron chi connectivity index (χ4n) is 6.34. The van der Waals surface area contributed by atoms with Gasteiger partial charge in [-0.3, -0.25) is 0 Å².